The van der Waals surface area contributed by atoms with Crippen LogP contribution in [0.1, 0.15) is 35.7 Å². The number of hydrogen-bond acceptors (Lipinski definition) is 5. The minimum absolute atomic E-state index is 0.272. The molecule has 9 heteroatoms. The van der Waals surface area contributed by atoms with Crippen LogP contribution in [0.2, 0.25) is 0 Å². The summed E-state index contributed by atoms with van der Waals surface area (Å²) in [5, 5.41) is 3.27. The van der Waals surface area contributed by atoms with Gasteiger partial charge in [-0.3, -0.25) is 4.79 Å². The van der Waals surface area contributed by atoms with E-state index in [4.69, 9.17) is 4.74 Å². The number of nitrogens with zero attached hydrogens (tertiary/aromatic N) is 1. The molecule has 1 unspecified atom stereocenters. The Bertz CT molecular complexity index is 915. The first-order valence-electron chi connectivity index (χ1n) is 8.60. The molecule has 1 amide bonds. The third-order valence-electron chi connectivity index (χ3n) is 4.54. The van der Waals surface area contributed by atoms with Crippen LogP contribution in [0.4, 0.5) is 10.1 Å². The number of benzene rings is 1. The summed E-state index contributed by atoms with van der Waals surface area (Å²) in [4.78, 5) is 12.3. The summed E-state index contributed by atoms with van der Waals surface area (Å²) in [5.74, 6) is -1.12. The predicted octanol–water partition coefficient (Wildman–Crippen LogP) is 3.24. The monoisotopic (exact) mass is 412 g/mol. The number of nitrogens with one attached hydrogen (secondary N) is 1. The molecule has 0 bridgehead atoms. The van der Waals surface area contributed by atoms with Gasteiger partial charge in [-0.2, -0.15) is 19.8 Å². The third kappa shape index (κ3) is 4.15. The van der Waals surface area contributed by atoms with Crippen molar-refractivity contribution in [3.63, 3.8) is 0 Å². The molecule has 0 spiro atoms. The number of ether oxygens (including phenoxy) is 1. The highest BCUT2D eigenvalue weighted by Crippen LogP contribution is 2.31. The average molecular weight is 413 g/mol. The number of rotatable bonds is 6. The molecule has 6 nitrogen and oxygen atoms in total. The Morgan fingerprint density at radius 3 is 2.81 bits per heavy atom. The van der Waals surface area contributed by atoms with E-state index in [0.717, 1.165) is 4.31 Å². The van der Waals surface area contributed by atoms with E-state index in [-0.39, 0.29) is 11.7 Å². The summed E-state index contributed by atoms with van der Waals surface area (Å²) in [6.07, 6.45) is 0.806. The van der Waals surface area contributed by atoms with E-state index in [9.17, 15) is 17.6 Å². The van der Waals surface area contributed by atoms with Gasteiger partial charge in [0.1, 0.15) is 5.82 Å². The fraction of sp³-hybridized carbons (Fsp3) is 0.389. The SMILES string of the molecule is CCC1OCC[C@@H]1N(c1ccc(F)c(C)c1)S(=O)(=O)NC(=O)c1ccsc1. The Labute approximate surface area is 162 Å². The molecular formula is C18H21FN2O4S2. The van der Waals surface area contributed by atoms with Crippen molar-refractivity contribution < 1.29 is 22.3 Å². The number of aryl methyl sites for hydroxylation is 1. The summed E-state index contributed by atoms with van der Waals surface area (Å²) in [6, 6.07) is 5.17. The Kier molecular flexibility index (Phi) is 5.83. The minimum Gasteiger partial charge on any atom is -0.376 e. The van der Waals surface area contributed by atoms with Crippen LogP contribution in [0.3, 0.4) is 0 Å². The highest BCUT2D eigenvalue weighted by molar-refractivity contribution is 7.91. The van der Waals surface area contributed by atoms with Crippen LogP contribution >= 0.6 is 11.3 Å². The summed E-state index contributed by atoms with van der Waals surface area (Å²) in [7, 11) is -4.22. The van der Waals surface area contributed by atoms with Crippen molar-refractivity contribution in [3.8, 4) is 0 Å². The normalized spacial score (nSPS) is 19.8. The Hall–Kier alpha value is -1.97. The van der Waals surface area contributed by atoms with Crippen molar-refractivity contribution in [2.24, 2.45) is 0 Å². The topological polar surface area (TPSA) is 75.7 Å². The fourth-order valence-corrected chi connectivity index (χ4v) is 5.26. The summed E-state index contributed by atoms with van der Waals surface area (Å²) >= 11 is 1.30. The summed E-state index contributed by atoms with van der Waals surface area (Å²) in [6.45, 7) is 3.90. The number of hydrogen-bond donors (Lipinski definition) is 1. The first kappa shape index (κ1) is 19.8. The highest BCUT2D eigenvalue weighted by Gasteiger charge is 2.39. The first-order valence-corrected chi connectivity index (χ1v) is 11.0. The van der Waals surface area contributed by atoms with Crippen LogP contribution in [0.15, 0.2) is 35.0 Å². The molecule has 1 fully saturated rings. The predicted molar refractivity (Wildman–Crippen MR) is 103 cm³/mol. The fourth-order valence-electron chi connectivity index (χ4n) is 3.19. The maximum atomic E-state index is 13.7. The van der Waals surface area contributed by atoms with Crippen molar-refractivity contribution in [1.82, 2.24) is 4.72 Å². The molecule has 27 heavy (non-hydrogen) atoms. The average Bonchev–Trinajstić information content (AvgIpc) is 3.29. The van der Waals surface area contributed by atoms with E-state index in [1.54, 1.807) is 23.8 Å². The second-order valence-electron chi connectivity index (χ2n) is 6.35. The van der Waals surface area contributed by atoms with Crippen molar-refractivity contribution in [2.45, 2.75) is 38.8 Å². The molecular weight excluding hydrogens is 391 g/mol. The van der Waals surface area contributed by atoms with E-state index in [2.05, 4.69) is 4.72 Å². The smallest absolute Gasteiger partial charge is 0.326 e. The van der Waals surface area contributed by atoms with Gasteiger partial charge >= 0.3 is 10.2 Å². The van der Waals surface area contributed by atoms with Crippen LogP contribution < -0.4 is 9.03 Å². The zero-order valence-corrected chi connectivity index (χ0v) is 16.6. The molecule has 2 atom stereocenters. The van der Waals surface area contributed by atoms with Gasteiger partial charge < -0.3 is 4.74 Å². The molecule has 1 aromatic carbocycles. The van der Waals surface area contributed by atoms with Crippen molar-refractivity contribution >= 4 is 33.1 Å². The van der Waals surface area contributed by atoms with E-state index < -0.39 is 28.0 Å². The number of carbonyl (C=O) groups is 1. The van der Waals surface area contributed by atoms with Gasteiger partial charge in [-0.25, -0.2) is 13.4 Å². The molecule has 2 heterocycles. The Morgan fingerprint density at radius 2 is 2.19 bits per heavy atom. The van der Waals surface area contributed by atoms with Crippen LogP contribution in [0.5, 0.6) is 0 Å². The van der Waals surface area contributed by atoms with Crippen molar-refractivity contribution in [1.29, 1.82) is 0 Å². The maximum absolute atomic E-state index is 13.7. The van der Waals surface area contributed by atoms with Gasteiger partial charge in [0.15, 0.2) is 0 Å². The lowest BCUT2D eigenvalue weighted by Crippen LogP contribution is -2.51. The van der Waals surface area contributed by atoms with Gasteiger partial charge in [0.2, 0.25) is 0 Å². The number of anilines is 1. The number of carbonyl (C=O) groups excluding carboxylic acids is 1. The van der Waals surface area contributed by atoms with Gasteiger partial charge in [-0.1, -0.05) is 6.92 Å². The zero-order chi connectivity index (χ0) is 19.6. The van der Waals surface area contributed by atoms with Gasteiger partial charge in [-0.15, -0.1) is 0 Å². The maximum Gasteiger partial charge on any atom is 0.326 e. The molecule has 1 saturated heterocycles. The molecule has 1 aromatic heterocycles. The Morgan fingerprint density at radius 1 is 1.41 bits per heavy atom. The molecule has 1 aliphatic heterocycles. The van der Waals surface area contributed by atoms with Crippen molar-refractivity contribution in [2.75, 3.05) is 10.9 Å². The molecule has 0 aliphatic carbocycles. The van der Waals surface area contributed by atoms with Gasteiger partial charge in [-0.05, 0) is 55.0 Å². The van der Waals surface area contributed by atoms with E-state index in [0.29, 0.717) is 30.7 Å². The molecule has 1 aliphatic rings. The van der Waals surface area contributed by atoms with E-state index in [1.807, 2.05) is 6.92 Å². The van der Waals surface area contributed by atoms with Gasteiger partial charge in [0, 0.05) is 12.0 Å². The van der Waals surface area contributed by atoms with E-state index >= 15 is 0 Å². The molecule has 2 aromatic rings. The lowest BCUT2D eigenvalue weighted by molar-refractivity contribution is 0.0976. The van der Waals surface area contributed by atoms with Crippen LogP contribution in [0.25, 0.3) is 0 Å². The second kappa shape index (κ2) is 7.95. The van der Waals surface area contributed by atoms with Crippen LogP contribution in [-0.2, 0) is 14.9 Å². The second-order valence-corrected chi connectivity index (χ2v) is 8.68. The van der Waals surface area contributed by atoms with Gasteiger partial charge in [0.25, 0.3) is 5.91 Å². The molecule has 0 radical (unpaired) electrons. The van der Waals surface area contributed by atoms with Crippen molar-refractivity contribution in [3.05, 3.63) is 52.0 Å². The number of thiophene rings is 1. The molecule has 1 N–H and O–H groups in total. The van der Waals surface area contributed by atoms with Crippen LogP contribution in [-0.4, -0.2) is 33.1 Å². The van der Waals surface area contributed by atoms with Crippen LogP contribution in [0, 0.1) is 12.7 Å². The molecule has 146 valence electrons. The zero-order valence-electron chi connectivity index (χ0n) is 15.0. The highest BCUT2D eigenvalue weighted by atomic mass is 32.2. The minimum atomic E-state index is -4.22. The lowest BCUT2D eigenvalue weighted by Gasteiger charge is -2.32. The number of halogens is 1. The first-order chi connectivity index (χ1) is 12.8. The van der Waals surface area contributed by atoms with Gasteiger partial charge in [0.05, 0.1) is 23.4 Å². The third-order valence-corrected chi connectivity index (χ3v) is 6.66. The molecule has 0 saturated carbocycles. The number of amides is 1. The largest absolute Gasteiger partial charge is 0.376 e. The Balaban J connectivity index is 2.00. The summed E-state index contributed by atoms with van der Waals surface area (Å²) in [5.41, 5.74) is 0.894. The molecule has 3 rings (SSSR count). The lowest BCUT2D eigenvalue weighted by atomic mass is 10.1. The summed E-state index contributed by atoms with van der Waals surface area (Å²) < 4.78 is 48.9. The standard InChI is InChI=1S/C18H21FN2O4S2/c1-3-17-16(6-8-25-17)21(14-4-5-15(19)12(2)10-14)27(23,24)20-18(22)13-7-9-26-11-13/h4-5,7,9-11,16-17H,3,6,8H2,1-2H3,(H,20,22)/t16-,17?/m0/s1. The quantitative estimate of drug-likeness (QED) is 0.790. The van der Waals surface area contributed by atoms with E-state index in [1.165, 1.54) is 29.5 Å².